The maximum atomic E-state index is 5.86. The Kier molecular flexibility index (Phi) is 3.86. The van der Waals surface area contributed by atoms with Crippen molar-refractivity contribution in [3.05, 3.63) is 47.2 Å². The molecule has 1 aliphatic rings. The Hall–Kier alpha value is -1.97. The van der Waals surface area contributed by atoms with Gasteiger partial charge in [0, 0.05) is 35.5 Å². The molecule has 1 fully saturated rings. The van der Waals surface area contributed by atoms with Crippen LogP contribution in [0.1, 0.15) is 41.9 Å². The first-order valence-corrected chi connectivity index (χ1v) is 7.55. The maximum absolute atomic E-state index is 5.86. The summed E-state index contributed by atoms with van der Waals surface area (Å²) in [6.45, 7) is 6.71. The minimum Gasteiger partial charge on any atom is -0.477 e. The number of rotatable bonds is 5. The Balaban J connectivity index is 1.57. The molecule has 0 N–H and O–H groups in total. The fourth-order valence-corrected chi connectivity index (χ4v) is 2.50. The van der Waals surface area contributed by atoms with Crippen molar-refractivity contribution in [1.29, 1.82) is 0 Å². The molecule has 0 aliphatic heterocycles. The zero-order valence-corrected chi connectivity index (χ0v) is 12.8. The molecule has 2 atom stereocenters. The molecule has 2 heterocycles. The van der Waals surface area contributed by atoms with Crippen molar-refractivity contribution < 1.29 is 4.74 Å². The van der Waals surface area contributed by atoms with Gasteiger partial charge in [0.15, 0.2) is 0 Å². The van der Waals surface area contributed by atoms with Crippen molar-refractivity contribution in [3.8, 4) is 5.88 Å². The van der Waals surface area contributed by atoms with Crippen molar-refractivity contribution in [2.45, 2.75) is 39.5 Å². The third kappa shape index (κ3) is 3.20. The molecule has 2 unspecified atom stereocenters. The molecule has 0 aromatic carbocycles. The molecular weight excluding hydrogens is 262 g/mol. The number of aryl methyl sites for hydroxylation is 3. The van der Waals surface area contributed by atoms with Gasteiger partial charge in [-0.3, -0.25) is 4.98 Å². The summed E-state index contributed by atoms with van der Waals surface area (Å²) in [5, 5.41) is 0. The molecular formula is C17H21N3O. The van der Waals surface area contributed by atoms with Gasteiger partial charge in [-0.25, -0.2) is 4.98 Å². The van der Waals surface area contributed by atoms with Crippen LogP contribution in [-0.4, -0.2) is 21.6 Å². The lowest BCUT2D eigenvalue weighted by atomic mass is 10.1. The summed E-state index contributed by atoms with van der Waals surface area (Å²) in [6, 6.07) is 4.33. The highest BCUT2D eigenvalue weighted by Gasteiger charge is 2.40. The highest BCUT2D eigenvalue weighted by molar-refractivity contribution is 5.24. The van der Waals surface area contributed by atoms with Crippen LogP contribution in [0.25, 0.3) is 0 Å². The lowest BCUT2D eigenvalue weighted by Crippen LogP contribution is -2.05. The van der Waals surface area contributed by atoms with E-state index in [1.807, 2.05) is 26.2 Å². The summed E-state index contributed by atoms with van der Waals surface area (Å²) in [5.74, 6) is 2.56. The van der Waals surface area contributed by atoms with Crippen LogP contribution in [-0.2, 0) is 6.42 Å². The number of hydrogen-bond donors (Lipinski definition) is 0. The molecule has 0 saturated heterocycles. The summed E-state index contributed by atoms with van der Waals surface area (Å²) >= 11 is 0. The molecule has 0 amide bonds. The molecule has 4 heteroatoms. The quantitative estimate of drug-likeness (QED) is 0.845. The normalized spacial score (nSPS) is 20.3. The van der Waals surface area contributed by atoms with Crippen LogP contribution < -0.4 is 4.74 Å². The van der Waals surface area contributed by atoms with Crippen LogP contribution >= 0.6 is 0 Å². The van der Waals surface area contributed by atoms with E-state index in [4.69, 9.17) is 4.74 Å². The molecule has 1 saturated carbocycles. The molecule has 3 rings (SSSR count). The Labute approximate surface area is 125 Å². The average Bonchev–Trinajstić information content (AvgIpc) is 3.28. The van der Waals surface area contributed by atoms with Crippen molar-refractivity contribution in [2.75, 3.05) is 6.61 Å². The zero-order chi connectivity index (χ0) is 14.8. The highest BCUT2D eigenvalue weighted by Crippen LogP contribution is 2.46. The van der Waals surface area contributed by atoms with Crippen molar-refractivity contribution in [1.82, 2.24) is 15.0 Å². The molecule has 0 spiro atoms. The van der Waals surface area contributed by atoms with E-state index in [0.717, 1.165) is 24.2 Å². The fourth-order valence-electron chi connectivity index (χ4n) is 2.50. The van der Waals surface area contributed by atoms with E-state index in [2.05, 4.69) is 34.0 Å². The molecule has 110 valence electrons. The molecule has 1 aliphatic carbocycles. The van der Waals surface area contributed by atoms with Gasteiger partial charge < -0.3 is 4.74 Å². The van der Waals surface area contributed by atoms with Crippen molar-refractivity contribution >= 4 is 0 Å². The first kappa shape index (κ1) is 14.0. The largest absolute Gasteiger partial charge is 0.477 e. The van der Waals surface area contributed by atoms with Crippen LogP contribution in [0, 0.1) is 19.8 Å². The number of hydrogen-bond acceptors (Lipinski definition) is 4. The van der Waals surface area contributed by atoms with Gasteiger partial charge in [0.05, 0.1) is 6.61 Å². The van der Waals surface area contributed by atoms with Gasteiger partial charge in [0.1, 0.15) is 5.82 Å². The highest BCUT2D eigenvalue weighted by atomic mass is 16.5. The minimum absolute atomic E-state index is 0.541. The van der Waals surface area contributed by atoms with Crippen molar-refractivity contribution in [2.24, 2.45) is 5.92 Å². The van der Waals surface area contributed by atoms with Crippen LogP contribution in [0.3, 0.4) is 0 Å². The van der Waals surface area contributed by atoms with E-state index in [1.165, 1.54) is 11.3 Å². The molecule has 2 aromatic heterocycles. The summed E-state index contributed by atoms with van der Waals surface area (Å²) in [5.41, 5.74) is 3.47. The second kappa shape index (κ2) is 5.80. The first-order chi connectivity index (χ1) is 10.2. The SMILES string of the molecule is CCc1ccc(C2CC2COc2nc(C)ncc2C)nc1. The Morgan fingerprint density at radius 3 is 2.76 bits per heavy atom. The standard InChI is InChI=1S/C17H21N3O/c1-4-13-5-6-16(19-9-13)15-7-14(15)10-21-17-11(2)8-18-12(3)20-17/h5-6,8-9,14-15H,4,7,10H2,1-3H3. The second-order valence-electron chi connectivity index (χ2n) is 5.76. The minimum atomic E-state index is 0.541. The summed E-state index contributed by atoms with van der Waals surface area (Å²) < 4.78 is 5.86. The van der Waals surface area contributed by atoms with E-state index in [-0.39, 0.29) is 0 Å². The van der Waals surface area contributed by atoms with E-state index in [0.29, 0.717) is 24.3 Å². The number of aromatic nitrogens is 3. The van der Waals surface area contributed by atoms with Crippen LogP contribution in [0.15, 0.2) is 24.5 Å². The first-order valence-electron chi connectivity index (χ1n) is 7.55. The summed E-state index contributed by atoms with van der Waals surface area (Å²) in [7, 11) is 0. The summed E-state index contributed by atoms with van der Waals surface area (Å²) in [4.78, 5) is 13.1. The van der Waals surface area contributed by atoms with Crippen molar-refractivity contribution in [3.63, 3.8) is 0 Å². The van der Waals surface area contributed by atoms with Gasteiger partial charge in [-0.05, 0) is 38.3 Å². The molecule has 0 radical (unpaired) electrons. The van der Waals surface area contributed by atoms with E-state index >= 15 is 0 Å². The molecule has 4 nitrogen and oxygen atoms in total. The lowest BCUT2D eigenvalue weighted by Gasteiger charge is -2.08. The van der Waals surface area contributed by atoms with Gasteiger partial charge >= 0.3 is 0 Å². The van der Waals surface area contributed by atoms with Gasteiger partial charge in [-0.15, -0.1) is 0 Å². The van der Waals surface area contributed by atoms with E-state index < -0.39 is 0 Å². The number of pyridine rings is 1. The fraction of sp³-hybridized carbons (Fsp3) is 0.471. The van der Waals surface area contributed by atoms with E-state index in [9.17, 15) is 0 Å². The predicted octanol–water partition coefficient (Wildman–Crippen LogP) is 3.23. The molecule has 2 aromatic rings. The molecule has 21 heavy (non-hydrogen) atoms. The number of ether oxygens (including phenoxy) is 1. The van der Waals surface area contributed by atoms with Gasteiger partial charge in [0.2, 0.25) is 5.88 Å². The predicted molar refractivity (Wildman–Crippen MR) is 81.5 cm³/mol. The maximum Gasteiger partial charge on any atom is 0.219 e. The number of nitrogens with zero attached hydrogens (tertiary/aromatic N) is 3. The van der Waals surface area contributed by atoms with Gasteiger partial charge in [-0.1, -0.05) is 13.0 Å². The van der Waals surface area contributed by atoms with Crippen LogP contribution in [0.2, 0.25) is 0 Å². The van der Waals surface area contributed by atoms with Gasteiger partial charge in [-0.2, -0.15) is 4.98 Å². The Morgan fingerprint density at radius 2 is 2.05 bits per heavy atom. The Morgan fingerprint density at radius 1 is 1.19 bits per heavy atom. The van der Waals surface area contributed by atoms with E-state index in [1.54, 1.807) is 0 Å². The third-order valence-electron chi connectivity index (χ3n) is 4.04. The van der Waals surface area contributed by atoms with Crippen LogP contribution in [0.4, 0.5) is 0 Å². The van der Waals surface area contributed by atoms with Crippen LogP contribution in [0.5, 0.6) is 5.88 Å². The summed E-state index contributed by atoms with van der Waals surface area (Å²) in [6.07, 6.45) is 6.00. The Bertz CT molecular complexity index is 624. The monoisotopic (exact) mass is 283 g/mol. The molecule has 0 bridgehead atoms. The van der Waals surface area contributed by atoms with Gasteiger partial charge in [0.25, 0.3) is 0 Å². The average molecular weight is 283 g/mol. The zero-order valence-electron chi connectivity index (χ0n) is 12.8. The topological polar surface area (TPSA) is 47.9 Å². The lowest BCUT2D eigenvalue weighted by molar-refractivity contribution is 0.282. The second-order valence-corrected chi connectivity index (χ2v) is 5.76. The smallest absolute Gasteiger partial charge is 0.219 e. The third-order valence-corrected chi connectivity index (χ3v) is 4.04.